The van der Waals surface area contributed by atoms with Crippen molar-refractivity contribution >= 4 is 23.1 Å². The highest BCUT2D eigenvalue weighted by Crippen LogP contribution is 2.46. The lowest BCUT2D eigenvalue weighted by molar-refractivity contribution is 0.591. The molecule has 0 N–H and O–H groups in total. The highest BCUT2D eigenvalue weighted by atomic mass is 32.2. The topological polar surface area (TPSA) is 0 Å². The summed E-state index contributed by atoms with van der Waals surface area (Å²) in [6, 6.07) is 2.44. The van der Waals surface area contributed by atoms with Crippen LogP contribution in [0.5, 0.6) is 0 Å². The van der Waals surface area contributed by atoms with Crippen molar-refractivity contribution in [3.63, 3.8) is 0 Å². The van der Waals surface area contributed by atoms with E-state index >= 15 is 0 Å². The Morgan fingerprint density at radius 1 is 0.947 bits per heavy atom. The fourth-order valence-corrected chi connectivity index (χ4v) is 4.52. The van der Waals surface area contributed by atoms with Crippen molar-refractivity contribution in [3.05, 3.63) is 15.8 Å². The minimum absolute atomic E-state index is 0.236. The van der Waals surface area contributed by atoms with Crippen molar-refractivity contribution in [2.24, 2.45) is 0 Å². The maximum absolute atomic E-state index is 2.44. The predicted octanol–water partition coefficient (Wildman–Crippen LogP) is 6.62. The first-order valence-electron chi connectivity index (χ1n) is 7.20. The SMILES string of the molecule is CCC(C)(C)Sc1cc(C(C)(C)C)sc1C(C)(C)C. The normalized spacial score (nSPS) is 13.9. The molecule has 0 bridgehead atoms. The van der Waals surface area contributed by atoms with E-state index in [2.05, 4.69) is 68.4 Å². The van der Waals surface area contributed by atoms with Gasteiger partial charge in [-0.15, -0.1) is 23.1 Å². The van der Waals surface area contributed by atoms with E-state index < -0.39 is 0 Å². The molecule has 0 aromatic carbocycles. The summed E-state index contributed by atoms with van der Waals surface area (Å²) in [5.74, 6) is 0. The van der Waals surface area contributed by atoms with Crippen molar-refractivity contribution in [1.29, 1.82) is 0 Å². The molecule has 19 heavy (non-hydrogen) atoms. The highest BCUT2D eigenvalue weighted by Gasteiger charge is 2.28. The van der Waals surface area contributed by atoms with Gasteiger partial charge in [0, 0.05) is 19.4 Å². The van der Waals surface area contributed by atoms with Crippen LogP contribution >= 0.6 is 23.1 Å². The second kappa shape index (κ2) is 5.44. The van der Waals surface area contributed by atoms with Crippen molar-refractivity contribution in [3.8, 4) is 0 Å². The zero-order chi connectivity index (χ0) is 15.1. The minimum atomic E-state index is 0.236. The van der Waals surface area contributed by atoms with Gasteiger partial charge >= 0.3 is 0 Å². The molecule has 0 saturated carbocycles. The van der Waals surface area contributed by atoms with Crippen LogP contribution in [0.4, 0.5) is 0 Å². The molecule has 0 amide bonds. The number of hydrogen-bond donors (Lipinski definition) is 0. The fraction of sp³-hybridized carbons (Fsp3) is 0.765. The van der Waals surface area contributed by atoms with E-state index in [0.717, 1.165) is 0 Å². The maximum Gasteiger partial charge on any atom is 0.0238 e. The Morgan fingerprint density at radius 3 is 1.84 bits per heavy atom. The summed E-state index contributed by atoms with van der Waals surface area (Å²) in [6.07, 6.45) is 1.20. The van der Waals surface area contributed by atoms with Crippen molar-refractivity contribution in [2.75, 3.05) is 0 Å². The van der Waals surface area contributed by atoms with Crippen LogP contribution in [0.1, 0.15) is 78.5 Å². The van der Waals surface area contributed by atoms with Gasteiger partial charge in [0.15, 0.2) is 0 Å². The Morgan fingerprint density at radius 2 is 1.47 bits per heavy atom. The zero-order valence-electron chi connectivity index (χ0n) is 14.1. The standard InChI is InChI=1S/C17H30S2/c1-10-17(8,9)19-12-11-13(15(2,3)4)18-14(12)16(5,6)7/h11H,10H2,1-9H3. The molecule has 0 aliphatic heterocycles. The van der Waals surface area contributed by atoms with Crippen LogP contribution in [0.3, 0.4) is 0 Å². The van der Waals surface area contributed by atoms with Crippen LogP contribution in [0.25, 0.3) is 0 Å². The summed E-state index contributed by atoms with van der Waals surface area (Å²) in [4.78, 5) is 4.55. The lowest BCUT2D eigenvalue weighted by Crippen LogP contribution is -2.15. The van der Waals surface area contributed by atoms with Gasteiger partial charge in [-0.1, -0.05) is 62.3 Å². The molecule has 0 spiro atoms. The Hall–Kier alpha value is 0.0500. The van der Waals surface area contributed by atoms with Crippen LogP contribution in [0.15, 0.2) is 11.0 Å². The third-order valence-corrected chi connectivity index (χ3v) is 6.85. The van der Waals surface area contributed by atoms with Gasteiger partial charge in [0.05, 0.1) is 0 Å². The molecular formula is C17H30S2. The van der Waals surface area contributed by atoms with Gasteiger partial charge in [0.2, 0.25) is 0 Å². The predicted molar refractivity (Wildman–Crippen MR) is 91.9 cm³/mol. The summed E-state index contributed by atoms with van der Waals surface area (Å²) >= 11 is 4.05. The number of hydrogen-bond acceptors (Lipinski definition) is 2. The Balaban J connectivity index is 3.26. The Kier molecular flexibility index (Phi) is 4.90. The van der Waals surface area contributed by atoms with Crippen LogP contribution in [-0.4, -0.2) is 4.75 Å². The summed E-state index contributed by atoms with van der Waals surface area (Å²) in [7, 11) is 0. The van der Waals surface area contributed by atoms with Crippen LogP contribution < -0.4 is 0 Å². The molecule has 1 aromatic heterocycles. The molecule has 0 aliphatic carbocycles. The molecular weight excluding hydrogens is 268 g/mol. The average Bonchev–Trinajstić information content (AvgIpc) is 2.59. The van der Waals surface area contributed by atoms with Crippen molar-refractivity contribution in [2.45, 2.75) is 89.2 Å². The van der Waals surface area contributed by atoms with Gasteiger partial charge < -0.3 is 0 Å². The highest BCUT2D eigenvalue weighted by molar-refractivity contribution is 8.00. The molecule has 2 heteroatoms. The molecule has 1 rings (SSSR count). The number of thioether (sulfide) groups is 1. The van der Waals surface area contributed by atoms with Gasteiger partial charge in [0.25, 0.3) is 0 Å². The second-order valence-corrected chi connectivity index (χ2v) is 10.8. The first-order valence-corrected chi connectivity index (χ1v) is 8.84. The molecule has 1 heterocycles. The van der Waals surface area contributed by atoms with Crippen LogP contribution in [0, 0.1) is 0 Å². The fourth-order valence-electron chi connectivity index (χ4n) is 1.71. The van der Waals surface area contributed by atoms with Gasteiger partial charge in [0.1, 0.15) is 0 Å². The molecule has 0 radical (unpaired) electrons. The van der Waals surface area contributed by atoms with Crippen LogP contribution in [-0.2, 0) is 10.8 Å². The third-order valence-electron chi connectivity index (χ3n) is 3.36. The first kappa shape index (κ1) is 17.1. The molecule has 0 nitrogen and oxygen atoms in total. The molecule has 1 aromatic rings. The lowest BCUT2D eigenvalue weighted by Gasteiger charge is -2.25. The lowest BCUT2D eigenvalue weighted by atomic mass is 9.93. The van der Waals surface area contributed by atoms with Gasteiger partial charge in [-0.05, 0) is 23.3 Å². The van der Waals surface area contributed by atoms with Crippen molar-refractivity contribution < 1.29 is 0 Å². The van der Waals surface area contributed by atoms with E-state index in [9.17, 15) is 0 Å². The van der Waals surface area contributed by atoms with E-state index in [1.54, 1.807) is 4.88 Å². The summed E-state index contributed by atoms with van der Waals surface area (Å²) in [5, 5.41) is 0. The smallest absolute Gasteiger partial charge is 0.0238 e. The average molecular weight is 299 g/mol. The number of thiophene rings is 1. The maximum atomic E-state index is 2.44. The summed E-state index contributed by atoms with van der Waals surface area (Å²) in [5.41, 5.74) is 0.486. The largest absolute Gasteiger partial charge is 0.143 e. The summed E-state index contributed by atoms with van der Waals surface area (Å²) < 4.78 is 0.316. The van der Waals surface area contributed by atoms with E-state index in [0.29, 0.717) is 4.75 Å². The first-order chi connectivity index (χ1) is 8.37. The number of rotatable bonds is 3. The Bertz CT molecular complexity index is 425. The van der Waals surface area contributed by atoms with E-state index in [1.807, 2.05) is 23.1 Å². The second-order valence-electron chi connectivity index (χ2n) is 8.02. The van der Waals surface area contributed by atoms with Gasteiger partial charge in [-0.2, -0.15) is 0 Å². The van der Waals surface area contributed by atoms with Crippen LogP contribution in [0.2, 0.25) is 0 Å². The summed E-state index contributed by atoms with van der Waals surface area (Å²) in [6.45, 7) is 20.9. The monoisotopic (exact) mass is 298 g/mol. The molecule has 0 fully saturated rings. The molecule has 0 saturated heterocycles. The quantitative estimate of drug-likeness (QED) is 0.565. The van der Waals surface area contributed by atoms with E-state index in [-0.39, 0.29) is 10.8 Å². The van der Waals surface area contributed by atoms with Gasteiger partial charge in [-0.3, -0.25) is 0 Å². The molecule has 0 unspecified atom stereocenters. The zero-order valence-corrected chi connectivity index (χ0v) is 15.7. The van der Waals surface area contributed by atoms with E-state index in [4.69, 9.17) is 0 Å². The Labute approximate surface area is 128 Å². The minimum Gasteiger partial charge on any atom is -0.143 e. The third kappa shape index (κ3) is 4.53. The molecule has 0 aliphatic rings. The van der Waals surface area contributed by atoms with E-state index in [1.165, 1.54) is 16.2 Å². The van der Waals surface area contributed by atoms with Gasteiger partial charge in [-0.25, -0.2) is 0 Å². The van der Waals surface area contributed by atoms with Crippen molar-refractivity contribution in [1.82, 2.24) is 0 Å². The molecule has 110 valence electrons. The molecule has 0 atom stereocenters.